The van der Waals surface area contributed by atoms with Gasteiger partial charge in [-0.3, -0.25) is 0 Å². The van der Waals surface area contributed by atoms with Crippen molar-refractivity contribution < 1.29 is 0 Å². The minimum atomic E-state index is 0.468. The first-order chi connectivity index (χ1) is 8.88. The number of hydrogen-bond donors (Lipinski definition) is 1. The highest BCUT2D eigenvalue weighted by molar-refractivity contribution is 5.81. The lowest BCUT2D eigenvalue weighted by molar-refractivity contribution is 1.11. The molecule has 0 aliphatic carbocycles. The third-order valence-electron chi connectivity index (χ3n) is 2.87. The fourth-order valence-corrected chi connectivity index (χ4v) is 2.03. The zero-order valence-corrected chi connectivity index (χ0v) is 9.59. The first kappa shape index (κ1) is 10.5. The highest BCUT2D eigenvalue weighted by atomic mass is 14.9. The third kappa shape index (κ3) is 1.72. The molecule has 2 aromatic rings. The lowest BCUT2D eigenvalue weighted by atomic mass is 10.1. The van der Waals surface area contributed by atoms with Crippen molar-refractivity contribution in [3.8, 4) is 6.07 Å². The van der Waals surface area contributed by atoms with Crippen LogP contribution >= 0.6 is 0 Å². The molecule has 1 aliphatic rings. The highest BCUT2D eigenvalue weighted by Gasteiger charge is 2.19. The number of rotatable bonds is 1. The summed E-state index contributed by atoms with van der Waals surface area (Å²) < 4.78 is 0. The first-order valence-corrected chi connectivity index (χ1v) is 5.64. The normalized spacial score (nSPS) is 15.5. The van der Waals surface area contributed by atoms with E-state index in [9.17, 15) is 5.26 Å². The van der Waals surface area contributed by atoms with Crippen LogP contribution in [0.4, 0.5) is 5.69 Å². The Balaban J connectivity index is 2.05. The van der Waals surface area contributed by atoms with E-state index >= 15 is 0 Å². The Kier molecular flexibility index (Phi) is 2.50. The van der Waals surface area contributed by atoms with Crippen molar-refractivity contribution in [3.05, 3.63) is 59.8 Å². The van der Waals surface area contributed by atoms with Crippen molar-refractivity contribution in [1.82, 2.24) is 9.97 Å². The smallest absolute Gasteiger partial charge is 0.171 e. The molecule has 1 N–H and O–H groups in total. The van der Waals surface area contributed by atoms with Crippen LogP contribution in [0.5, 0.6) is 0 Å². The number of nitrogens with one attached hydrogen (secondary N) is 1. The van der Waals surface area contributed by atoms with Gasteiger partial charge in [0.15, 0.2) is 5.82 Å². The number of aromatic nitrogens is 2. The largest absolute Gasteiger partial charge is 0.357 e. The lowest BCUT2D eigenvalue weighted by Crippen LogP contribution is -2.00. The molecule has 0 atom stereocenters. The number of benzene rings is 1. The van der Waals surface area contributed by atoms with Crippen molar-refractivity contribution in [2.45, 2.75) is 6.42 Å². The zero-order chi connectivity index (χ0) is 12.4. The highest BCUT2D eigenvalue weighted by Crippen LogP contribution is 2.30. The van der Waals surface area contributed by atoms with Gasteiger partial charge in [-0.05, 0) is 17.7 Å². The summed E-state index contributed by atoms with van der Waals surface area (Å²) >= 11 is 0. The van der Waals surface area contributed by atoms with Gasteiger partial charge in [-0.2, -0.15) is 5.26 Å². The standard InChI is InChI=1S/C14H10N4/c15-9-11(14-16-6-3-7-17-14)13-8-10-4-1-2-5-12(10)18-13/h1-7,18H,8H2/b13-11+. The summed E-state index contributed by atoms with van der Waals surface area (Å²) in [5, 5.41) is 12.6. The molecule has 86 valence electrons. The van der Waals surface area contributed by atoms with Crippen molar-refractivity contribution in [2.75, 3.05) is 5.32 Å². The monoisotopic (exact) mass is 234 g/mol. The van der Waals surface area contributed by atoms with Gasteiger partial charge in [-0.1, -0.05) is 18.2 Å². The van der Waals surface area contributed by atoms with Gasteiger partial charge in [0.25, 0.3) is 0 Å². The van der Waals surface area contributed by atoms with E-state index in [0.29, 0.717) is 11.4 Å². The van der Waals surface area contributed by atoms with Crippen LogP contribution in [-0.4, -0.2) is 9.97 Å². The SMILES string of the molecule is N#C/C(=C1/Cc2ccccc2N1)c1ncccn1. The molecule has 0 amide bonds. The van der Waals surface area contributed by atoms with E-state index in [-0.39, 0.29) is 0 Å². The molecule has 4 nitrogen and oxygen atoms in total. The molecule has 0 fully saturated rings. The molecule has 0 saturated heterocycles. The summed E-state index contributed by atoms with van der Waals surface area (Å²) in [6.07, 6.45) is 4.00. The van der Waals surface area contributed by atoms with Crippen LogP contribution in [-0.2, 0) is 6.42 Å². The van der Waals surface area contributed by atoms with E-state index in [1.54, 1.807) is 18.5 Å². The van der Waals surface area contributed by atoms with E-state index in [0.717, 1.165) is 17.8 Å². The topological polar surface area (TPSA) is 61.6 Å². The molecule has 1 aromatic heterocycles. The Hall–Kier alpha value is -2.67. The molecular weight excluding hydrogens is 224 g/mol. The van der Waals surface area contributed by atoms with Crippen LogP contribution in [0.1, 0.15) is 11.4 Å². The summed E-state index contributed by atoms with van der Waals surface area (Å²) in [4.78, 5) is 8.25. The van der Waals surface area contributed by atoms with Crippen LogP contribution in [0, 0.1) is 11.3 Å². The maximum Gasteiger partial charge on any atom is 0.171 e. The predicted molar refractivity (Wildman–Crippen MR) is 68.3 cm³/mol. The van der Waals surface area contributed by atoms with E-state index in [2.05, 4.69) is 27.4 Å². The average molecular weight is 234 g/mol. The predicted octanol–water partition coefficient (Wildman–Crippen LogP) is 2.38. The van der Waals surface area contributed by atoms with Gasteiger partial charge in [0.05, 0.1) is 0 Å². The average Bonchev–Trinajstić information content (AvgIpc) is 2.84. The summed E-state index contributed by atoms with van der Waals surface area (Å²) in [5.41, 5.74) is 3.61. The summed E-state index contributed by atoms with van der Waals surface area (Å²) in [6, 6.07) is 11.9. The summed E-state index contributed by atoms with van der Waals surface area (Å²) in [6.45, 7) is 0. The van der Waals surface area contributed by atoms with Crippen LogP contribution in [0.25, 0.3) is 5.57 Å². The number of allylic oxidation sites excluding steroid dienone is 2. The molecule has 18 heavy (non-hydrogen) atoms. The molecule has 0 spiro atoms. The van der Waals surface area contributed by atoms with Crippen molar-refractivity contribution in [3.63, 3.8) is 0 Å². The fourth-order valence-electron chi connectivity index (χ4n) is 2.03. The van der Waals surface area contributed by atoms with Crippen LogP contribution in [0.2, 0.25) is 0 Å². The lowest BCUT2D eigenvalue weighted by Gasteiger charge is -2.03. The zero-order valence-electron chi connectivity index (χ0n) is 9.59. The van der Waals surface area contributed by atoms with Crippen LogP contribution in [0.15, 0.2) is 48.4 Å². The number of fused-ring (bicyclic) bond motifs is 1. The molecule has 0 unspecified atom stereocenters. The minimum Gasteiger partial charge on any atom is -0.357 e. The molecule has 4 heteroatoms. The Morgan fingerprint density at radius 2 is 1.94 bits per heavy atom. The third-order valence-corrected chi connectivity index (χ3v) is 2.87. The van der Waals surface area contributed by atoms with E-state index in [4.69, 9.17) is 0 Å². The van der Waals surface area contributed by atoms with Gasteiger partial charge in [-0.25, -0.2) is 9.97 Å². The van der Waals surface area contributed by atoms with Gasteiger partial charge in [0, 0.05) is 30.2 Å². The minimum absolute atomic E-state index is 0.468. The Morgan fingerprint density at radius 1 is 1.17 bits per heavy atom. The second-order valence-electron chi connectivity index (χ2n) is 4.00. The Bertz CT molecular complexity index is 626. The molecule has 0 bridgehead atoms. The van der Waals surface area contributed by atoms with Crippen molar-refractivity contribution in [2.24, 2.45) is 0 Å². The molecule has 0 saturated carbocycles. The number of nitrogens with zero attached hydrogens (tertiary/aromatic N) is 3. The molecule has 0 radical (unpaired) electrons. The quantitative estimate of drug-likeness (QED) is 0.769. The summed E-state index contributed by atoms with van der Waals surface area (Å²) in [5.74, 6) is 0.468. The van der Waals surface area contributed by atoms with Gasteiger partial charge in [-0.15, -0.1) is 0 Å². The van der Waals surface area contributed by atoms with Gasteiger partial charge >= 0.3 is 0 Å². The molecular formula is C14H10N4. The van der Waals surface area contributed by atoms with Gasteiger partial charge in [0.1, 0.15) is 11.6 Å². The van der Waals surface area contributed by atoms with E-state index in [1.807, 2.05) is 18.2 Å². The first-order valence-electron chi connectivity index (χ1n) is 5.64. The number of anilines is 1. The molecule has 3 rings (SSSR count). The second kappa shape index (κ2) is 4.30. The molecule has 2 heterocycles. The molecule has 1 aliphatic heterocycles. The number of para-hydroxylation sites is 1. The maximum atomic E-state index is 9.29. The Morgan fingerprint density at radius 3 is 2.67 bits per heavy atom. The number of nitriles is 1. The maximum absolute atomic E-state index is 9.29. The van der Waals surface area contributed by atoms with E-state index < -0.39 is 0 Å². The van der Waals surface area contributed by atoms with E-state index in [1.165, 1.54) is 5.56 Å². The Labute approximate surface area is 105 Å². The van der Waals surface area contributed by atoms with Crippen LogP contribution < -0.4 is 5.32 Å². The second-order valence-corrected chi connectivity index (χ2v) is 4.00. The number of hydrogen-bond acceptors (Lipinski definition) is 4. The summed E-state index contributed by atoms with van der Waals surface area (Å²) in [7, 11) is 0. The van der Waals surface area contributed by atoms with Crippen LogP contribution in [0.3, 0.4) is 0 Å². The van der Waals surface area contributed by atoms with Gasteiger partial charge < -0.3 is 5.32 Å². The van der Waals surface area contributed by atoms with Gasteiger partial charge in [0.2, 0.25) is 0 Å². The fraction of sp³-hybridized carbons (Fsp3) is 0.0714. The molecule has 1 aromatic carbocycles. The van der Waals surface area contributed by atoms with Crippen molar-refractivity contribution in [1.29, 1.82) is 5.26 Å². The van der Waals surface area contributed by atoms with Crippen molar-refractivity contribution >= 4 is 11.3 Å².